The number of aliphatic hydroxyl groups excluding tert-OH is 1. The summed E-state index contributed by atoms with van der Waals surface area (Å²) in [5.41, 5.74) is 3.46. The second-order valence-electron chi connectivity index (χ2n) is 10.5. The Labute approximate surface area is 263 Å². The molecule has 0 atom stereocenters. The van der Waals surface area contributed by atoms with Crippen LogP contribution in [-0.2, 0) is 0 Å². The van der Waals surface area contributed by atoms with Crippen LogP contribution in [0.15, 0.2) is 48.8 Å². The Morgan fingerprint density at radius 2 is 1.27 bits per heavy atom. The van der Waals surface area contributed by atoms with Gasteiger partial charge in [-0.25, -0.2) is 27.5 Å². The second kappa shape index (κ2) is 12.6. The van der Waals surface area contributed by atoms with Crippen LogP contribution in [0.1, 0.15) is 44.7 Å². The van der Waals surface area contributed by atoms with E-state index in [0.29, 0.717) is 43.9 Å². The minimum Gasteiger partial charge on any atom is -0.397 e. The first-order chi connectivity index (χ1) is 21.7. The number of hydrogen-bond acceptors (Lipinski definition) is 7. The Morgan fingerprint density at radius 3 is 1.71 bits per heavy atom. The minimum absolute atomic E-state index is 0.249. The first-order valence-corrected chi connectivity index (χ1v) is 14.9. The molecule has 45 heavy (non-hydrogen) atoms. The van der Waals surface area contributed by atoms with Gasteiger partial charge in [0, 0.05) is 54.1 Å². The molecule has 0 unspecified atom stereocenters. The minimum atomic E-state index is -0.902. The summed E-state index contributed by atoms with van der Waals surface area (Å²) in [6.45, 7) is 1.93. The lowest BCUT2D eigenvalue weighted by Gasteiger charge is -2.07. The average Bonchev–Trinajstić information content (AvgIpc) is 3.95. The van der Waals surface area contributed by atoms with Crippen LogP contribution < -0.4 is 0 Å². The molecule has 0 radical (unpaired) electrons. The summed E-state index contributed by atoms with van der Waals surface area (Å²) >= 11 is 10.9. The van der Waals surface area contributed by atoms with Crippen LogP contribution in [0.3, 0.4) is 0 Å². The molecule has 2 fully saturated rings. The van der Waals surface area contributed by atoms with Gasteiger partial charge in [-0.05, 0) is 44.7 Å². The summed E-state index contributed by atoms with van der Waals surface area (Å²) in [6.07, 6.45) is 7.14. The van der Waals surface area contributed by atoms with Gasteiger partial charge in [0.25, 0.3) is 0 Å². The number of rotatable bonds is 4. The van der Waals surface area contributed by atoms with E-state index in [2.05, 4.69) is 30.4 Å². The molecule has 8 rings (SSSR count). The third-order valence-electron chi connectivity index (χ3n) is 7.09. The van der Waals surface area contributed by atoms with Gasteiger partial charge in [-0.3, -0.25) is 5.10 Å². The summed E-state index contributed by atoms with van der Waals surface area (Å²) in [7, 11) is 0. The molecule has 15 heteroatoms. The summed E-state index contributed by atoms with van der Waals surface area (Å²) < 4.78 is 58.2. The number of aromatic amines is 1. The summed E-state index contributed by atoms with van der Waals surface area (Å²) in [5, 5.41) is 21.9. The molecule has 0 saturated heterocycles. The lowest BCUT2D eigenvalue weighted by atomic mass is 10.3. The molecular weight excluding hydrogens is 632 g/mol. The van der Waals surface area contributed by atoms with Crippen molar-refractivity contribution in [2.24, 2.45) is 0 Å². The standard InChI is InChI=1S/C14H9ClF2N4.C14H10F2N4S.C2H6O/c15-13-3-7(6-18-20-13)14-19-11-4-9(16)10(17)5-12(11)21(14)8-1-2-8;15-9-4-11-12(5-10(9)16)20(8-1-2-8)14(18-11)7-3-13(21)19-17-6-7;1-2-3/h3-6,8H,1-2H2;3-6,8H,1-2H2,(H,19,21);3H,2H2,1H3. The van der Waals surface area contributed by atoms with Crippen molar-refractivity contribution < 1.29 is 22.7 Å². The van der Waals surface area contributed by atoms with Crippen molar-refractivity contribution in [2.75, 3.05) is 6.61 Å². The maximum Gasteiger partial charge on any atom is 0.161 e. The van der Waals surface area contributed by atoms with E-state index in [1.807, 2.05) is 9.13 Å². The zero-order valence-corrected chi connectivity index (χ0v) is 25.3. The Kier molecular flexibility index (Phi) is 8.62. The van der Waals surface area contributed by atoms with Crippen molar-refractivity contribution in [3.63, 3.8) is 0 Å². The summed E-state index contributed by atoms with van der Waals surface area (Å²) in [6, 6.07) is 8.55. The quantitative estimate of drug-likeness (QED) is 0.149. The van der Waals surface area contributed by atoms with Crippen molar-refractivity contribution in [3.8, 4) is 22.8 Å². The number of nitrogens with zero attached hydrogens (tertiary/aromatic N) is 7. The van der Waals surface area contributed by atoms with Crippen molar-refractivity contribution in [2.45, 2.75) is 44.7 Å². The molecule has 232 valence electrons. The largest absolute Gasteiger partial charge is 0.397 e. The maximum atomic E-state index is 13.5. The van der Waals surface area contributed by atoms with Gasteiger partial charge in [0.2, 0.25) is 0 Å². The van der Waals surface area contributed by atoms with E-state index in [4.69, 9.17) is 28.9 Å². The number of H-pyrrole nitrogens is 1. The highest BCUT2D eigenvalue weighted by Crippen LogP contribution is 2.42. The molecule has 2 aliphatic rings. The van der Waals surface area contributed by atoms with Crippen LogP contribution >= 0.6 is 23.8 Å². The van der Waals surface area contributed by atoms with Gasteiger partial charge < -0.3 is 14.2 Å². The highest BCUT2D eigenvalue weighted by Gasteiger charge is 2.30. The number of nitrogens with one attached hydrogen (secondary N) is 1. The molecule has 0 bridgehead atoms. The Hall–Kier alpha value is -4.27. The number of imidazole rings is 2. The Morgan fingerprint density at radius 1 is 0.800 bits per heavy atom. The normalized spacial score (nSPS) is 14.2. The zero-order chi connectivity index (χ0) is 31.8. The van der Waals surface area contributed by atoms with Gasteiger partial charge in [0.1, 0.15) is 16.3 Å². The topological polar surface area (TPSA) is 110 Å². The van der Waals surface area contributed by atoms with Crippen LogP contribution in [-0.4, -0.2) is 51.2 Å². The molecule has 0 spiro atoms. The third kappa shape index (κ3) is 6.44. The molecular formula is C30H25ClF4N8OS. The fraction of sp³-hybridized carbons (Fsp3) is 0.267. The molecule has 6 aromatic rings. The third-order valence-corrected chi connectivity index (χ3v) is 7.49. The maximum absolute atomic E-state index is 13.5. The Bertz CT molecular complexity index is 2090. The monoisotopic (exact) mass is 656 g/mol. The summed E-state index contributed by atoms with van der Waals surface area (Å²) in [4.78, 5) is 8.86. The predicted octanol–water partition coefficient (Wildman–Crippen LogP) is 7.53. The lowest BCUT2D eigenvalue weighted by molar-refractivity contribution is 0.318. The van der Waals surface area contributed by atoms with E-state index in [0.717, 1.165) is 43.4 Å². The summed E-state index contributed by atoms with van der Waals surface area (Å²) in [5.74, 6) is -2.28. The molecule has 4 aromatic heterocycles. The number of hydrogen-bond donors (Lipinski definition) is 2. The fourth-order valence-corrected chi connectivity index (χ4v) is 5.30. The van der Waals surface area contributed by atoms with Gasteiger partial charge in [-0.2, -0.15) is 10.2 Å². The number of halogens is 5. The molecule has 2 N–H and O–H groups in total. The lowest BCUT2D eigenvalue weighted by Crippen LogP contribution is -1.98. The van der Waals surface area contributed by atoms with Crippen LogP contribution in [0.25, 0.3) is 44.8 Å². The zero-order valence-electron chi connectivity index (χ0n) is 23.7. The Balaban J connectivity index is 0.000000146. The van der Waals surface area contributed by atoms with E-state index in [1.54, 1.807) is 31.5 Å². The van der Waals surface area contributed by atoms with E-state index in [1.165, 1.54) is 12.1 Å². The van der Waals surface area contributed by atoms with Gasteiger partial charge in [0.05, 0.1) is 34.5 Å². The van der Waals surface area contributed by atoms with E-state index in [-0.39, 0.29) is 23.8 Å². The fourth-order valence-electron chi connectivity index (χ4n) is 4.95. The number of aliphatic hydroxyl groups is 1. The highest BCUT2D eigenvalue weighted by molar-refractivity contribution is 7.71. The highest BCUT2D eigenvalue weighted by atomic mass is 35.5. The number of fused-ring (bicyclic) bond motifs is 2. The first kappa shape index (κ1) is 30.7. The van der Waals surface area contributed by atoms with Crippen LogP contribution in [0, 0.1) is 27.9 Å². The van der Waals surface area contributed by atoms with Crippen LogP contribution in [0.2, 0.25) is 5.15 Å². The van der Waals surface area contributed by atoms with E-state index >= 15 is 0 Å². The van der Waals surface area contributed by atoms with Crippen molar-refractivity contribution in [1.29, 1.82) is 0 Å². The SMILES string of the molecule is CCO.Fc1cc2nc(-c3cn[nH]c(=S)c3)n(C3CC3)c2cc1F.Fc1cc2nc(-c3cnnc(Cl)c3)n(C3CC3)c2cc1F. The molecule has 0 aliphatic heterocycles. The predicted molar refractivity (Wildman–Crippen MR) is 163 cm³/mol. The van der Waals surface area contributed by atoms with E-state index < -0.39 is 23.3 Å². The average molecular weight is 657 g/mol. The first-order valence-electron chi connectivity index (χ1n) is 14.1. The molecule has 0 amide bonds. The van der Waals surface area contributed by atoms with Crippen LogP contribution in [0.4, 0.5) is 17.6 Å². The molecule has 2 aromatic carbocycles. The van der Waals surface area contributed by atoms with Gasteiger partial charge in [-0.1, -0.05) is 23.8 Å². The smallest absolute Gasteiger partial charge is 0.161 e. The molecule has 2 saturated carbocycles. The molecule has 9 nitrogen and oxygen atoms in total. The number of benzene rings is 2. The van der Waals surface area contributed by atoms with E-state index in [9.17, 15) is 17.6 Å². The van der Waals surface area contributed by atoms with Crippen molar-refractivity contribution >= 4 is 45.9 Å². The molecule has 2 aliphatic carbocycles. The van der Waals surface area contributed by atoms with Gasteiger partial charge in [0.15, 0.2) is 28.4 Å². The van der Waals surface area contributed by atoms with Crippen molar-refractivity contribution in [1.82, 2.24) is 39.5 Å². The van der Waals surface area contributed by atoms with Crippen molar-refractivity contribution in [3.05, 3.63) is 81.9 Å². The van der Waals surface area contributed by atoms with Gasteiger partial charge in [-0.15, -0.1) is 5.10 Å². The van der Waals surface area contributed by atoms with Gasteiger partial charge >= 0.3 is 0 Å². The van der Waals surface area contributed by atoms with Crippen LogP contribution in [0.5, 0.6) is 0 Å². The second-order valence-corrected chi connectivity index (χ2v) is 11.3. The molecule has 4 heterocycles. The number of aromatic nitrogens is 8.